The van der Waals surface area contributed by atoms with Gasteiger partial charge in [0.05, 0.1) is 55.8 Å². The van der Waals surface area contributed by atoms with E-state index in [0.717, 1.165) is 22.1 Å². The van der Waals surface area contributed by atoms with Crippen LogP contribution in [0.1, 0.15) is 43.5 Å². The predicted octanol–water partition coefficient (Wildman–Crippen LogP) is 5.65. The third-order valence-corrected chi connectivity index (χ3v) is 7.20. The minimum Gasteiger partial charge on any atom is -0.763 e. The first-order chi connectivity index (χ1) is 21.6. The van der Waals surface area contributed by atoms with Crippen molar-refractivity contribution in [1.29, 1.82) is 0 Å². The molecular formula is C34H18N8O2Zn. The number of imidazole rings is 2. The van der Waals surface area contributed by atoms with Gasteiger partial charge < -0.3 is 20.8 Å². The molecule has 2 aliphatic heterocycles. The summed E-state index contributed by atoms with van der Waals surface area (Å²) in [5.41, 5.74) is 6.88. The maximum absolute atomic E-state index is 12.0. The number of fused-ring (bicyclic) bond motifs is 4. The fourth-order valence-corrected chi connectivity index (χ4v) is 5.16. The third-order valence-electron chi connectivity index (χ3n) is 7.20. The van der Waals surface area contributed by atoms with E-state index in [1.165, 1.54) is 0 Å². The zero-order valence-corrected chi connectivity index (χ0v) is 26.4. The molecule has 0 saturated carbocycles. The Morgan fingerprint density at radius 1 is 0.533 bits per heavy atom. The number of aromatic amines is 2. The molecule has 0 spiro atoms. The van der Waals surface area contributed by atoms with Crippen LogP contribution in [0.5, 0.6) is 0 Å². The van der Waals surface area contributed by atoms with E-state index in [1.807, 2.05) is 60.7 Å². The maximum Gasteiger partial charge on any atom is 2.00 e. The van der Waals surface area contributed by atoms with Gasteiger partial charge >= 0.3 is 19.5 Å². The Bertz CT molecular complexity index is 2120. The number of carbonyl (C=O) groups excluding carboxylic acids is 2. The summed E-state index contributed by atoms with van der Waals surface area (Å²) in [6.45, 7) is 0. The van der Waals surface area contributed by atoms with E-state index in [-0.39, 0.29) is 42.4 Å². The summed E-state index contributed by atoms with van der Waals surface area (Å²) < 4.78 is 0. The molecule has 11 heteroatoms. The Kier molecular flexibility index (Phi) is 7.73. The smallest absolute Gasteiger partial charge is 0.763 e. The number of H-pyrrole nitrogens is 2. The number of nitrogens with one attached hydrogen (secondary N) is 2. The Morgan fingerprint density at radius 2 is 0.889 bits per heavy atom. The van der Waals surface area contributed by atoms with Gasteiger partial charge in [0.2, 0.25) is 0 Å². The van der Waals surface area contributed by atoms with Gasteiger partial charge in [-0.25, -0.2) is 20.0 Å². The van der Waals surface area contributed by atoms with Crippen LogP contribution < -0.4 is 0 Å². The summed E-state index contributed by atoms with van der Waals surface area (Å²) in [5.74, 6) is 4.44. The third kappa shape index (κ3) is 5.14. The SMILES string of the molecule is [N-]=C=C(C1=NC(=O)c2ccccc21)c1nc2ccccc2[nH]1.[N-]=C=C(C1=NC(=O)c2ccccc21)c1nc2ccccc2[nH]1.[Zn+2]. The van der Waals surface area contributed by atoms with Crippen LogP contribution >= 0.6 is 0 Å². The van der Waals surface area contributed by atoms with E-state index < -0.39 is 0 Å². The molecule has 0 unspecified atom stereocenters. The Morgan fingerprint density at radius 3 is 1.27 bits per heavy atom. The number of aromatic nitrogens is 4. The van der Waals surface area contributed by atoms with Gasteiger partial charge in [-0.1, -0.05) is 60.7 Å². The molecule has 0 aliphatic carbocycles. The minimum atomic E-state index is -0.325. The summed E-state index contributed by atoms with van der Waals surface area (Å²) in [7, 11) is 0. The van der Waals surface area contributed by atoms with Crippen molar-refractivity contribution < 1.29 is 29.1 Å². The first kappa shape index (κ1) is 29.1. The number of nitrogens with zero attached hydrogens (tertiary/aromatic N) is 6. The zero-order valence-electron chi connectivity index (χ0n) is 23.4. The monoisotopic (exact) mass is 634 g/mol. The van der Waals surface area contributed by atoms with E-state index in [0.29, 0.717) is 45.3 Å². The molecule has 8 rings (SSSR count). The van der Waals surface area contributed by atoms with Crippen LogP contribution in [-0.4, -0.2) is 54.9 Å². The molecule has 0 fully saturated rings. The van der Waals surface area contributed by atoms with Crippen molar-refractivity contribution in [2.24, 2.45) is 9.98 Å². The molecule has 4 heterocycles. The second-order valence-corrected chi connectivity index (χ2v) is 9.80. The molecule has 4 aromatic carbocycles. The van der Waals surface area contributed by atoms with Crippen molar-refractivity contribution in [3.05, 3.63) is 142 Å². The molecule has 45 heavy (non-hydrogen) atoms. The maximum atomic E-state index is 12.0. The summed E-state index contributed by atoms with van der Waals surface area (Å²) in [5, 5.41) is 19.1. The first-order valence-corrected chi connectivity index (χ1v) is 13.5. The number of amides is 2. The molecule has 2 N–H and O–H groups in total. The van der Waals surface area contributed by atoms with E-state index in [1.54, 1.807) is 36.4 Å². The molecule has 2 aliphatic rings. The van der Waals surface area contributed by atoms with Gasteiger partial charge in [0.15, 0.2) is 0 Å². The largest absolute Gasteiger partial charge is 2.00 e. The van der Waals surface area contributed by atoms with E-state index >= 15 is 0 Å². The van der Waals surface area contributed by atoms with Crippen molar-refractivity contribution in [2.45, 2.75) is 0 Å². The molecule has 208 valence electrons. The minimum absolute atomic E-state index is 0. The van der Waals surface area contributed by atoms with Gasteiger partial charge in [-0.15, -0.1) is 0 Å². The zero-order chi connectivity index (χ0) is 30.2. The molecule has 0 saturated heterocycles. The van der Waals surface area contributed by atoms with Gasteiger partial charge in [-0.05, 0) is 36.4 Å². The fourth-order valence-electron chi connectivity index (χ4n) is 5.16. The van der Waals surface area contributed by atoms with E-state index in [9.17, 15) is 20.4 Å². The molecule has 10 nitrogen and oxygen atoms in total. The molecular weight excluding hydrogens is 618 g/mol. The van der Waals surface area contributed by atoms with Crippen LogP contribution in [0.4, 0.5) is 0 Å². The number of rotatable bonds is 4. The normalized spacial score (nSPS) is 12.6. The van der Waals surface area contributed by atoms with Crippen LogP contribution in [0, 0.1) is 0 Å². The standard InChI is InChI=1S/2C17H9N4O.Zn/c2*18-9-12(16-19-13-7-3-4-8-14(13)20-16)15-10-5-1-2-6-11(10)17(22)21-15;/h2*1-8H,(H,19,20);/q2*-1;+2. The van der Waals surface area contributed by atoms with Crippen LogP contribution in [0.2, 0.25) is 0 Å². The quantitative estimate of drug-likeness (QED) is 0.189. The average molecular weight is 636 g/mol. The van der Waals surface area contributed by atoms with Crippen LogP contribution in [0.3, 0.4) is 0 Å². The Hall–Kier alpha value is -5.98. The number of carbonyl (C=O) groups is 2. The van der Waals surface area contributed by atoms with Crippen molar-refractivity contribution in [2.75, 3.05) is 0 Å². The van der Waals surface area contributed by atoms with Gasteiger partial charge in [-0.3, -0.25) is 21.3 Å². The summed E-state index contributed by atoms with van der Waals surface area (Å²) in [6, 6.07) is 29.2. The number of allylic oxidation sites excluding steroid dienone is 2. The van der Waals surface area contributed by atoms with E-state index in [2.05, 4.69) is 41.7 Å². The number of aliphatic imine (C=N–C) groups is 2. The Labute approximate surface area is 268 Å². The second kappa shape index (κ2) is 12.0. The average Bonchev–Trinajstić information content (AvgIpc) is 3.83. The molecule has 0 atom stereocenters. The molecule has 6 aromatic rings. The molecule has 2 amide bonds. The molecule has 0 radical (unpaired) electrons. The van der Waals surface area contributed by atoms with Crippen molar-refractivity contribution >= 4 is 68.2 Å². The summed E-state index contributed by atoms with van der Waals surface area (Å²) >= 11 is 0. The molecule has 2 aromatic heterocycles. The van der Waals surface area contributed by atoms with Crippen LogP contribution in [0.15, 0.2) is 107 Å². The van der Waals surface area contributed by atoms with Crippen LogP contribution in [0.25, 0.3) is 44.0 Å². The van der Waals surface area contributed by atoms with Gasteiger partial charge in [0, 0.05) is 11.1 Å². The van der Waals surface area contributed by atoms with Gasteiger partial charge in [0.25, 0.3) is 11.8 Å². The first-order valence-electron chi connectivity index (χ1n) is 13.5. The van der Waals surface area contributed by atoms with Crippen molar-refractivity contribution in [3.8, 4) is 0 Å². The topological polar surface area (TPSA) is 161 Å². The van der Waals surface area contributed by atoms with Crippen molar-refractivity contribution in [3.63, 3.8) is 0 Å². The van der Waals surface area contributed by atoms with E-state index in [4.69, 9.17) is 0 Å². The second-order valence-electron chi connectivity index (χ2n) is 9.80. The van der Waals surface area contributed by atoms with Gasteiger partial charge in [0.1, 0.15) is 11.6 Å². The summed E-state index contributed by atoms with van der Waals surface area (Å²) in [4.78, 5) is 47.0. The molecule has 0 bridgehead atoms. The van der Waals surface area contributed by atoms with Crippen molar-refractivity contribution in [1.82, 2.24) is 19.9 Å². The number of hydrogen-bond acceptors (Lipinski definition) is 4. The fraction of sp³-hybridized carbons (Fsp3) is 0. The summed E-state index contributed by atoms with van der Waals surface area (Å²) in [6.07, 6.45) is 0. The Balaban J connectivity index is 0.000000155. The number of hydrogen-bond donors (Lipinski definition) is 2. The number of para-hydroxylation sites is 4. The number of benzene rings is 4. The van der Waals surface area contributed by atoms with Gasteiger partial charge in [-0.2, -0.15) is 0 Å². The van der Waals surface area contributed by atoms with Crippen LogP contribution in [-0.2, 0) is 19.5 Å². The predicted molar refractivity (Wildman–Crippen MR) is 170 cm³/mol.